The van der Waals surface area contributed by atoms with Crippen LogP contribution in [0.3, 0.4) is 0 Å². The highest BCUT2D eigenvalue weighted by Gasteiger charge is 2.23. The predicted octanol–water partition coefficient (Wildman–Crippen LogP) is 2.52. The Morgan fingerprint density at radius 3 is 2.90 bits per heavy atom. The van der Waals surface area contributed by atoms with Crippen LogP contribution in [0.25, 0.3) is 0 Å². The molecule has 0 saturated heterocycles. The lowest BCUT2D eigenvalue weighted by atomic mass is 10.1. The minimum absolute atomic E-state index is 0.203. The lowest BCUT2D eigenvalue weighted by molar-refractivity contribution is -0.117. The van der Waals surface area contributed by atoms with Gasteiger partial charge in [-0.25, -0.2) is 0 Å². The first-order chi connectivity index (χ1) is 10.1. The Hall–Kier alpha value is -2.49. The summed E-state index contributed by atoms with van der Waals surface area (Å²) in [7, 11) is 0. The van der Waals surface area contributed by atoms with E-state index in [9.17, 15) is 9.90 Å². The maximum absolute atomic E-state index is 11.2. The van der Waals surface area contributed by atoms with Crippen molar-refractivity contribution in [3.05, 3.63) is 59.2 Å². The topological polar surface area (TPSA) is 75.4 Å². The third-order valence-electron chi connectivity index (χ3n) is 3.92. The molecule has 0 fully saturated rings. The summed E-state index contributed by atoms with van der Waals surface area (Å²) >= 11 is 0. The van der Waals surface area contributed by atoms with Crippen molar-refractivity contribution in [1.29, 1.82) is 0 Å². The number of nitrogens with one attached hydrogen (secondary N) is 1. The van der Waals surface area contributed by atoms with E-state index in [4.69, 9.17) is 5.73 Å². The molecule has 0 spiro atoms. The highest BCUT2D eigenvalue weighted by atomic mass is 16.3. The van der Waals surface area contributed by atoms with Gasteiger partial charge in [0.15, 0.2) is 0 Å². The number of anilines is 1. The maximum atomic E-state index is 11.2. The quantitative estimate of drug-likeness (QED) is 0.806. The highest BCUT2D eigenvalue weighted by molar-refractivity contribution is 5.78. The molecular weight excluding hydrogens is 264 g/mol. The summed E-state index contributed by atoms with van der Waals surface area (Å²) in [5.41, 5.74) is 9.55. The number of rotatable bonds is 4. The maximum Gasteiger partial charge on any atom is 0.221 e. The number of primary amides is 1. The summed E-state index contributed by atoms with van der Waals surface area (Å²) in [5.74, 6) is -0.0236. The molecule has 4 N–H and O–H groups in total. The van der Waals surface area contributed by atoms with Gasteiger partial charge in [0.2, 0.25) is 5.91 Å². The first kappa shape index (κ1) is 13.5. The number of phenols is 1. The number of para-hydroxylation sites is 1. The van der Waals surface area contributed by atoms with E-state index < -0.39 is 0 Å². The Labute approximate surface area is 123 Å². The van der Waals surface area contributed by atoms with Gasteiger partial charge < -0.3 is 16.2 Å². The summed E-state index contributed by atoms with van der Waals surface area (Å²) in [6.07, 6.45) is 2.15. The molecule has 4 heteroatoms. The van der Waals surface area contributed by atoms with Crippen LogP contribution in [-0.2, 0) is 17.6 Å². The second-order valence-corrected chi connectivity index (χ2v) is 5.42. The van der Waals surface area contributed by atoms with Crippen molar-refractivity contribution in [2.24, 2.45) is 5.73 Å². The van der Waals surface area contributed by atoms with Gasteiger partial charge in [0, 0.05) is 5.69 Å². The van der Waals surface area contributed by atoms with Crippen LogP contribution in [0.1, 0.15) is 29.2 Å². The van der Waals surface area contributed by atoms with E-state index in [1.807, 2.05) is 36.4 Å². The average molecular weight is 282 g/mol. The van der Waals surface area contributed by atoms with Crippen LogP contribution in [0, 0.1) is 0 Å². The molecule has 21 heavy (non-hydrogen) atoms. The fourth-order valence-electron chi connectivity index (χ4n) is 2.94. The molecule has 4 nitrogen and oxygen atoms in total. The minimum Gasteiger partial charge on any atom is -0.508 e. The summed E-state index contributed by atoms with van der Waals surface area (Å²) in [6, 6.07) is 13.4. The molecule has 1 aliphatic carbocycles. The number of nitrogens with two attached hydrogens (primary N) is 1. The number of carbonyl (C=O) groups excluding carboxylic acids is 1. The van der Waals surface area contributed by atoms with Crippen molar-refractivity contribution in [2.75, 3.05) is 5.32 Å². The Balaban J connectivity index is 1.85. The molecule has 1 atom stereocenters. The summed E-state index contributed by atoms with van der Waals surface area (Å²) in [4.78, 5) is 11.2. The third kappa shape index (κ3) is 2.84. The van der Waals surface area contributed by atoms with Crippen LogP contribution in [-0.4, -0.2) is 11.0 Å². The van der Waals surface area contributed by atoms with Gasteiger partial charge in [-0.15, -0.1) is 0 Å². The molecule has 1 unspecified atom stereocenters. The zero-order valence-corrected chi connectivity index (χ0v) is 11.7. The lowest BCUT2D eigenvalue weighted by Crippen LogP contribution is -2.16. The molecular formula is C17H18N2O2. The van der Waals surface area contributed by atoms with E-state index in [-0.39, 0.29) is 18.4 Å². The average Bonchev–Trinajstić information content (AvgIpc) is 2.83. The molecule has 0 aliphatic heterocycles. The molecule has 0 aromatic heterocycles. The van der Waals surface area contributed by atoms with E-state index in [2.05, 4.69) is 5.32 Å². The number of fused-ring (bicyclic) bond motifs is 1. The molecule has 0 heterocycles. The van der Waals surface area contributed by atoms with Gasteiger partial charge >= 0.3 is 0 Å². The minimum atomic E-state index is -0.332. The van der Waals surface area contributed by atoms with Crippen molar-refractivity contribution < 1.29 is 9.90 Å². The normalized spacial score (nSPS) is 16.5. The van der Waals surface area contributed by atoms with Crippen LogP contribution in [0.4, 0.5) is 5.69 Å². The molecule has 2 aromatic carbocycles. The second-order valence-electron chi connectivity index (χ2n) is 5.42. The summed E-state index contributed by atoms with van der Waals surface area (Å²) < 4.78 is 0. The summed E-state index contributed by atoms with van der Waals surface area (Å²) in [6.45, 7) is 0. The molecule has 108 valence electrons. The monoisotopic (exact) mass is 282 g/mol. The standard InChI is InChI=1S/C17H18N2O2/c18-17(21)10-12-3-1-2-4-15(12)19-16-8-5-11-9-13(20)6-7-14(11)16/h1-4,6-7,9,16,19-20H,5,8,10H2,(H2,18,21). The smallest absolute Gasteiger partial charge is 0.221 e. The number of aryl methyl sites for hydroxylation is 1. The van der Waals surface area contributed by atoms with Gasteiger partial charge in [0.25, 0.3) is 0 Å². The Morgan fingerprint density at radius 2 is 2.10 bits per heavy atom. The zero-order chi connectivity index (χ0) is 14.8. The van der Waals surface area contributed by atoms with Crippen LogP contribution < -0.4 is 11.1 Å². The van der Waals surface area contributed by atoms with E-state index >= 15 is 0 Å². The number of amides is 1. The van der Waals surface area contributed by atoms with Crippen molar-refractivity contribution in [3.8, 4) is 5.75 Å². The number of aromatic hydroxyl groups is 1. The second kappa shape index (κ2) is 5.48. The number of hydrogen-bond acceptors (Lipinski definition) is 3. The molecule has 0 bridgehead atoms. The Bertz CT molecular complexity index is 682. The third-order valence-corrected chi connectivity index (χ3v) is 3.92. The van der Waals surface area contributed by atoms with Gasteiger partial charge in [-0.3, -0.25) is 4.79 Å². The van der Waals surface area contributed by atoms with Crippen LogP contribution >= 0.6 is 0 Å². The van der Waals surface area contributed by atoms with Crippen molar-refractivity contribution in [1.82, 2.24) is 0 Å². The first-order valence-corrected chi connectivity index (χ1v) is 7.08. The first-order valence-electron chi connectivity index (χ1n) is 7.08. The van der Waals surface area contributed by atoms with Crippen molar-refractivity contribution in [3.63, 3.8) is 0 Å². The van der Waals surface area contributed by atoms with Gasteiger partial charge in [-0.1, -0.05) is 24.3 Å². The van der Waals surface area contributed by atoms with E-state index in [1.165, 1.54) is 11.1 Å². The number of hydrogen-bond donors (Lipinski definition) is 3. The summed E-state index contributed by atoms with van der Waals surface area (Å²) in [5, 5.41) is 13.0. The largest absolute Gasteiger partial charge is 0.508 e. The van der Waals surface area contributed by atoms with E-state index in [1.54, 1.807) is 6.07 Å². The molecule has 1 amide bonds. The van der Waals surface area contributed by atoms with Crippen molar-refractivity contribution in [2.45, 2.75) is 25.3 Å². The van der Waals surface area contributed by atoms with Crippen LogP contribution in [0.15, 0.2) is 42.5 Å². The SMILES string of the molecule is NC(=O)Cc1ccccc1NC1CCc2cc(O)ccc21. The number of carbonyl (C=O) groups is 1. The lowest BCUT2D eigenvalue weighted by Gasteiger charge is -2.18. The van der Waals surface area contributed by atoms with Gasteiger partial charge in [0.05, 0.1) is 12.5 Å². The molecule has 1 aliphatic rings. The molecule has 0 saturated carbocycles. The number of benzene rings is 2. The Kier molecular flexibility index (Phi) is 3.52. The Morgan fingerprint density at radius 1 is 1.29 bits per heavy atom. The molecule has 3 rings (SSSR count). The fraction of sp³-hybridized carbons (Fsp3) is 0.235. The van der Waals surface area contributed by atoms with Gasteiger partial charge in [-0.05, 0) is 47.7 Å². The predicted molar refractivity (Wildman–Crippen MR) is 82.1 cm³/mol. The van der Waals surface area contributed by atoms with E-state index in [0.29, 0.717) is 5.75 Å². The fourth-order valence-corrected chi connectivity index (χ4v) is 2.94. The number of phenolic OH excluding ortho intramolecular Hbond substituents is 1. The highest BCUT2D eigenvalue weighted by Crippen LogP contribution is 2.36. The van der Waals surface area contributed by atoms with Crippen LogP contribution in [0.2, 0.25) is 0 Å². The van der Waals surface area contributed by atoms with E-state index in [0.717, 1.165) is 24.1 Å². The zero-order valence-electron chi connectivity index (χ0n) is 11.7. The van der Waals surface area contributed by atoms with Crippen molar-refractivity contribution >= 4 is 11.6 Å². The molecule has 0 radical (unpaired) electrons. The van der Waals surface area contributed by atoms with Gasteiger partial charge in [-0.2, -0.15) is 0 Å². The van der Waals surface area contributed by atoms with Gasteiger partial charge in [0.1, 0.15) is 5.75 Å². The molecule has 2 aromatic rings. The van der Waals surface area contributed by atoms with Crippen LogP contribution in [0.5, 0.6) is 5.75 Å².